The van der Waals surface area contributed by atoms with Crippen molar-refractivity contribution in [3.63, 3.8) is 0 Å². The van der Waals surface area contributed by atoms with Gasteiger partial charge in [-0.15, -0.1) is 0 Å². The van der Waals surface area contributed by atoms with Crippen molar-refractivity contribution < 1.29 is 0 Å². The maximum absolute atomic E-state index is 5.38. The number of allylic oxidation sites excluding steroid dienone is 1. The molecule has 4 heteroatoms. The molecule has 2 aromatic heterocycles. The molecule has 1 atom stereocenters. The van der Waals surface area contributed by atoms with Crippen LogP contribution in [0.3, 0.4) is 0 Å². The number of aromatic nitrogens is 3. The summed E-state index contributed by atoms with van der Waals surface area (Å²) in [6.45, 7) is 0. The van der Waals surface area contributed by atoms with Crippen molar-refractivity contribution in [2.24, 2.45) is 4.99 Å². The van der Waals surface area contributed by atoms with Gasteiger partial charge in [0.25, 0.3) is 0 Å². The van der Waals surface area contributed by atoms with Crippen molar-refractivity contribution >= 4 is 17.2 Å². The predicted molar refractivity (Wildman–Crippen MR) is 344 cm³/mol. The van der Waals surface area contributed by atoms with Crippen LogP contribution in [0.2, 0.25) is 0 Å². The molecule has 0 saturated carbocycles. The zero-order valence-corrected chi connectivity index (χ0v) is 46.0. The first-order valence-corrected chi connectivity index (χ1v) is 29.0. The van der Waals surface area contributed by atoms with Gasteiger partial charge in [0.05, 0.1) is 33.3 Å². The van der Waals surface area contributed by atoms with Crippen LogP contribution in [0.4, 0.5) is 0 Å². The van der Waals surface area contributed by atoms with Gasteiger partial charge in [0.1, 0.15) is 0 Å². The first kappa shape index (κ1) is 49.2. The summed E-state index contributed by atoms with van der Waals surface area (Å²) in [5.74, 6) is 0.222. The van der Waals surface area contributed by atoms with E-state index in [9.17, 15) is 0 Å². The molecule has 11 aromatic carbocycles. The fourth-order valence-corrected chi connectivity index (χ4v) is 14.0. The number of rotatable bonds is 10. The Kier molecular flexibility index (Phi) is 11.8. The Hall–Kier alpha value is -10.7. The van der Waals surface area contributed by atoms with Crippen molar-refractivity contribution in [2.75, 3.05) is 0 Å². The Labute approximate surface area is 489 Å². The number of hydrogen-bond donors (Lipinski definition) is 0. The van der Waals surface area contributed by atoms with E-state index in [1.165, 1.54) is 72.3 Å². The molecule has 0 N–H and O–H groups in total. The molecule has 1 unspecified atom stereocenters. The van der Waals surface area contributed by atoms with Crippen molar-refractivity contribution in [3.8, 4) is 78.1 Å². The average Bonchev–Trinajstić information content (AvgIpc) is 1.80. The average molecular weight is 1070 g/mol. The highest BCUT2D eigenvalue weighted by Gasteiger charge is 2.48. The van der Waals surface area contributed by atoms with E-state index < -0.39 is 10.8 Å². The summed E-state index contributed by atoms with van der Waals surface area (Å²) in [7, 11) is 0. The molecule has 0 bridgehead atoms. The Bertz CT molecular complexity index is 4630. The molecule has 3 aliphatic rings. The molecule has 1 aliphatic heterocycles. The minimum absolute atomic E-state index is 0.222. The topological polar surface area (TPSA) is 51.0 Å². The number of pyridine rings is 1. The van der Waals surface area contributed by atoms with Gasteiger partial charge < -0.3 is 0 Å². The largest absolute Gasteiger partial charge is 0.269 e. The standard InChI is InChI=1S/C80H54N4/c1-5-19-63(20-6-1)79(64-21-7-2-8-22-64)71-47-57(37-41-67(71)69-43-39-59(49-73(69)79)61-17-15-45-81-51-61)53-29-33-55(34-30-53)77-78(84-76-28-14-13-27-75(76)83-77)56-35-31-54(32-36-56)58-38-42-68-70-44-40-60(62-18-16-46-82-52-62)50-74(70)80(72(68)48-58,65-23-9-3-10-24-65)66-25-11-4-12-26-66/h1-17,19-52,62H,18H2. The number of para-hydroxylation sites is 2. The van der Waals surface area contributed by atoms with Gasteiger partial charge in [0.15, 0.2) is 0 Å². The molecular weight excluding hydrogens is 1020 g/mol. The third-order valence-corrected chi connectivity index (χ3v) is 18.0. The van der Waals surface area contributed by atoms with Crippen LogP contribution in [0, 0.1) is 0 Å². The smallest absolute Gasteiger partial charge is 0.0973 e. The lowest BCUT2D eigenvalue weighted by Crippen LogP contribution is -2.28. The predicted octanol–water partition coefficient (Wildman–Crippen LogP) is 19.2. The number of aliphatic imine (C=N–C) groups is 1. The molecule has 0 amide bonds. The van der Waals surface area contributed by atoms with E-state index in [1.807, 2.05) is 36.8 Å². The fourth-order valence-electron chi connectivity index (χ4n) is 14.0. The van der Waals surface area contributed by atoms with Crippen LogP contribution in [0.25, 0.3) is 89.2 Å². The zero-order valence-electron chi connectivity index (χ0n) is 46.0. The lowest BCUT2D eigenvalue weighted by Gasteiger charge is -2.34. The Morgan fingerprint density at radius 2 is 0.702 bits per heavy atom. The molecule has 3 heterocycles. The SMILES string of the molecule is C1=CN=CC(c2ccc3c(c2)C(c2ccccc2)(c2ccccc2)c2cc(-c4ccc(-c5nc6ccccc6nc5-c5ccc(-c6ccc7c(c6)C(c6ccccc6)(c6ccccc6)c6cc(-c8cccnc8)ccc6-7)cc5)cc4)ccc2-3)C1. The number of hydrogen-bond acceptors (Lipinski definition) is 4. The van der Waals surface area contributed by atoms with Crippen LogP contribution in [-0.2, 0) is 10.8 Å². The third-order valence-electron chi connectivity index (χ3n) is 18.0. The minimum Gasteiger partial charge on any atom is -0.269 e. The number of nitrogens with zero attached hydrogens (tertiary/aromatic N) is 4. The van der Waals surface area contributed by atoms with E-state index in [0.717, 1.165) is 73.3 Å². The second-order valence-electron chi connectivity index (χ2n) is 22.4. The Morgan fingerprint density at radius 1 is 0.321 bits per heavy atom. The Balaban J connectivity index is 0.778. The van der Waals surface area contributed by atoms with Gasteiger partial charge in [-0.3, -0.25) is 9.98 Å². The van der Waals surface area contributed by atoms with Crippen LogP contribution < -0.4 is 0 Å². The fraction of sp³-hybridized carbons (Fsp3) is 0.0500. The first-order chi connectivity index (χ1) is 41.6. The maximum Gasteiger partial charge on any atom is 0.0973 e. The van der Waals surface area contributed by atoms with Crippen LogP contribution in [0.1, 0.15) is 62.4 Å². The summed E-state index contributed by atoms with van der Waals surface area (Å²) >= 11 is 0. The maximum atomic E-state index is 5.38. The molecule has 84 heavy (non-hydrogen) atoms. The van der Waals surface area contributed by atoms with Gasteiger partial charge in [-0.25, -0.2) is 9.97 Å². The normalized spacial score (nSPS) is 14.8. The molecule has 394 valence electrons. The van der Waals surface area contributed by atoms with Crippen molar-refractivity contribution in [2.45, 2.75) is 23.2 Å². The lowest BCUT2D eigenvalue weighted by atomic mass is 9.67. The van der Waals surface area contributed by atoms with Gasteiger partial charge in [-0.05, 0) is 149 Å². The molecular formula is C80H54N4. The van der Waals surface area contributed by atoms with Crippen molar-refractivity contribution in [1.29, 1.82) is 0 Å². The van der Waals surface area contributed by atoms with E-state index in [-0.39, 0.29) is 5.92 Å². The second kappa shape index (κ2) is 20.1. The summed E-state index contributed by atoms with van der Waals surface area (Å²) in [5.41, 5.74) is 27.5. The van der Waals surface area contributed by atoms with Crippen LogP contribution >= 0.6 is 0 Å². The van der Waals surface area contributed by atoms with E-state index >= 15 is 0 Å². The highest BCUT2D eigenvalue weighted by molar-refractivity contribution is 5.93. The quantitative estimate of drug-likeness (QED) is 0.137. The van der Waals surface area contributed by atoms with Gasteiger partial charge in [0.2, 0.25) is 0 Å². The number of fused-ring (bicyclic) bond motifs is 7. The van der Waals surface area contributed by atoms with Crippen LogP contribution in [0.15, 0.2) is 309 Å². The molecule has 16 rings (SSSR count). The lowest BCUT2D eigenvalue weighted by molar-refractivity contribution is 0.764. The van der Waals surface area contributed by atoms with Gasteiger partial charge >= 0.3 is 0 Å². The summed E-state index contributed by atoms with van der Waals surface area (Å²) in [4.78, 5) is 19.8. The second-order valence-corrected chi connectivity index (χ2v) is 22.4. The Morgan fingerprint density at radius 3 is 1.11 bits per heavy atom. The van der Waals surface area contributed by atoms with E-state index in [2.05, 4.69) is 283 Å². The minimum atomic E-state index is -0.569. The molecule has 0 saturated heterocycles. The summed E-state index contributed by atoms with van der Waals surface area (Å²) < 4.78 is 0. The van der Waals surface area contributed by atoms with Gasteiger partial charge in [-0.1, -0.05) is 249 Å². The van der Waals surface area contributed by atoms with Gasteiger partial charge in [-0.2, -0.15) is 0 Å². The monoisotopic (exact) mass is 1070 g/mol. The van der Waals surface area contributed by atoms with Crippen molar-refractivity contribution in [3.05, 3.63) is 354 Å². The molecule has 0 spiro atoms. The summed E-state index contributed by atoms with van der Waals surface area (Å²) in [6.07, 6.45) is 10.9. The molecule has 4 nitrogen and oxygen atoms in total. The third kappa shape index (κ3) is 7.82. The van der Waals surface area contributed by atoms with Gasteiger partial charge in [0, 0.05) is 41.9 Å². The van der Waals surface area contributed by atoms with Crippen molar-refractivity contribution in [1.82, 2.24) is 15.0 Å². The van der Waals surface area contributed by atoms with Crippen LogP contribution in [-0.4, -0.2) is 21.2 Å². The number of benzene rings is 11. The molecule has 13 aromatic rings. The molecule has 2 aliphatic carbocycles. The summed E-state index contributed by atoms with van der Waals surface area (Å²) in [6, 6.07) is 103. The first-order valence-electron chi connectivity index (χ1n) is 29.0. The highest BCUT2D eigenvalue weighted by Crippen LogP contribution is 2.59. The van der Waals surface area contributed by atoms with E-state index in [4.69, 9.17) is 9.97 Å². The highest BCUT2D eigenvalue weighted by atomic mass is 14.8. The molecule has 0 fully saturated rings. The summed E-state index contributed by atoms with van der Waals surface area (Å²) in [5, 5.41) is 0. The zero-order chi connectivity index (χ0) is 55.6. The van der Waals surface area contributed by atoms with E-state index in [0.29, 0.717) is 0 Å². The molecule has 0 radical (unpaired) electrons. The van der Waals surface area contributed by atoms with Crippen LogP contribution in [0.5, 0.6) is 0 Å². The van der Waals surface area contributed by atoms with E-state index in [1.54, 1.807) is 0 Å².